The fourth-order valence-corrected chi connectivity index (χ4v) is 3.97. The topological polar surface area (TPSA) is 128 Å². The second kappa shape index (κ2) is 9.83. The summed E-state index contributed by atoms with van der Waals surface area (Å²) in [6.45, 7) is 0. The molecule has 2 unspecified atom stereocenters. The summed E-state index contributed by atoms with van der Waals surface area (Å²) in [5, 5.41) is 6.20. The van der Waals surface area contributed by atoms with Crippen molar-refractivity contribution in [2.45, 2.75) is 37.8 Å². The highest BCUT2D eigenvalue weighted by molar-refractivity contribution is 5.98. The molecular formula is C24H27FN6O2. The Hall–Kier alpha value is -3.72. The van der Waals surface area contributed by atoms with Crippen molar-refractivity contribution in [3.63, 3.8) is 0 Å². The molecule has 0 bridgehead atoms. The summed E-state index contributed by atoms with van der Waals surface area (Å²) in [6, 6.07) is 11.9. The van der Waals surface area contributed by atoms with Gasteiger partial charge < -0.3 is 26.8 Å². The number of benzene rings is 1. The lowest BCUT2D eigenvalue weighted by molar-refractivity contribution is 0.100. The fourth-order valence-electron chi connectivity index (χ4n) is 3.97. The van der Waals surface area contributed by atoms with Crippen LogP contribution in [-0.2, 0) is 0 Å². The number of aromatic nitrogens is 2. The number of amides is 1. The van der Waals surface area contributed by atoms with Crippen molar-refractivity contribution in [3.05, 3.63) is 60.0 Å². The maximum Gasteiger partial charge on any atom is 0.252 e. The number of methoxy groups -OCH3 is 1. The van der Waals surface area contributed by atoms with E-state index in [1.165, 1.54) is 0 Å². The van der Waals surface area contributed by atoms with Gasteiger partial charge in [0.05, 0.1) is 18.4 Å². The van der Waals surface area contributed by atoms with Crippen LogP contribution in [0.2, 0.25) is 0 Å². The SMILES string of the molecule is COc1cccc(-c2cc(Nc3nc(NC4CCCCC4N)c(F)cc3C(N)=O)ccn2)c1. The van der Waals surface area contributed by atoms with Crippen molar-refractivity contribution in [3.8, 4) is 17.0 Å². The van der Waals surface area contributed by atoms with E-state index >= 15 is 0 Å². The van der Waals surface area contributed by atoms with Crippen LogP contribution >= 0.6 is 0 Å². The van der Waals surface area contributed by atoms with Gasteiger partial charge in [0, 0.05) is 29.5 Å². The van der Waals surface area contributed by atoms with Gasteiger partial charge in [0.2, 0.25) is 0 Å². The van der Waals surface area contributed by atoms with E-state index < -0.39 is 11.7 Å². The third-order valence-corrected chi connectivity index (χ3v) is 5.77. The first-order valence-corrected chi connectivity index (χ1v) is 10.8. The second-order valence-electron chi connectivity index (χ2n) is 8.07. The highest BCUT2D eigenvalue weighted by Gasteiger charge is 2.24. The smallest absolute Gasteiger partial charge is 0.252 e. The first-order valence-electron chi connectivity index (χ1n) is 10.8. The Morgan fingerprint density at radius 1 is 1.15 bits per heavy atom. The molecule has 0 spiro atoms. The number of rotatable bonds is 7. The number of hydrogen-bond acceptors (Lipinski definition) is 7. The Bertz CT molecular complexity index is 1160. The average molecular weight is 451 g/mol. The van der Waals surface area contributed by atoms with Gasteiger partial charge >= 0.3 is 0 Å². The predicted molar refractivity (Wildman–Crippen MR) is 126 cm³/mol. The summed E-state index contributed by atoms with van der Waals surface area (Å²) in [5.41, 5.74) is 13.8. The van der Waals surface area contributed by atoms with Gasteiger partial charge in [0.15, 0.2) is 11.6 Å². The van der Waals surface area contributed by atoms with E-state index in [0.717, 1.165) is 37.3 Å². The maximum absolute atomic E-state index is 14.7. The van der Waals surface area contributed by atoms with Crippen LogP contribution in [0.4, 0.5) is 21.7 Å². The lowest BCUT2D eigenvalue weighted by atomic mass is 9.91. The van der Waals surface area contributed by atoms with Crippen LogP contribution in [0.5, 0.6) is 5.75 Å². The third-order valence-electron chi connectivity index (χ3n) is 5.77. The van der Waals surface area contributed by atoms with Crippen molar-refractivity contribution >= 4 is 23.2 Å². The summed E-state index contributed by atoms with van der Waals surface area (Å²) >= 11 is 0. The standard InChI is InChI=1S/C24H27FN6O2/c1-33-16-6-4-5-14(11-16)21-12-15(9-10-28-21)29-23-17(22(27)32)13-18(25)24(31-23)30-20-8-3-2-7-19(20)26/h4-6,9-13,19-20H,2-3,7-8,26H2,1H3,(H2,27,32)(H2,28,29,30,31). The first kappa shape index (κ1) is 22.5. The third kappa shape index (κ3) is 5.20. The molecular weight excluding hydrogens is 423 g/mol. The van der Waals surface area contributed by atoms with E-state index in [1.807, 2.05) is 24.3 Å². The lowest BCUT2D eigenvalue weighted by Crippen LogP contribution is -2.43. The molecule has 2 heterocycles. The normalized spacial score (nSPS) is 17.9. The summed E-state index contributed by atoms with van der Waals surface area (Å²) < 4.78 is 20.0. The minimum Gasteiger partial charge on any atom is -0.497 e. The number of anilines is 3. The predicted octanol–water partition coefficient (Wildman–Crippen LogP) is 3.82. The summed E-state index contributed by atoms with van der Waals surface area (Å²) in [6.07, 6.45) is 5.40. The monoisotopic (exact) mass is 450 g/mol. The Balaban J connectivity index is 1.64. The zero-order valence-electron chi connectivity index (χ0n) is 18.3. The molecule has 1 aliphatic rings. The first-order chi connectivity index (χ1) is 15.9. The molecule has 1 saturated carbocycles. The van der Waals surface area contributed by atoms with Gasteiger partial charge in [-0.3, -0.25) is 9.78 Å². The molecule has 3 aromatic rings. The maximum atomic E-state index is 14.7. The van der Waals surface area contributed by atoms with Crippen molar-refractivity contribution in [2.24, 2.45) is 11.5 Å². The minimum absolute atomic E-state index is 0.0342. The van der Waals surface area contributed by atoms with Crippen LogP contribution in [0.15, 0.2) is 48.7 Å². The molecule has 1 amide bonds. The zero-order valence-corrected chi connectivity index (χ0v) is 18.3. The molecule has 4 rings (SSSR count). The van der Waals surface area contributed by atoms with Gasteiger partial charge in [-0.25, -0.2) is 9.37 Å². The van der Waals surface area contributed by atoms with Crippen LogP contribution in [0.25, 0.3) is 11.3 Å². The van der Waals surface area contributed by atoms with E-state index in [1.54, 1.807) is 25.4 Å². The number of halogens is 1. The number of pyridine rings is 2. The van der Waals surface area contributed by atoms with Crippen LogP contribution < -0.4 is 26.8 Å². The van der Waals surface area contributed by atoms with Gasteiger partial charge in [-0.15, -0.1) is 0 Å². The highest BCUT2D eigenvalue weighted by atomic mass is 19.1. The second-order valence-corrected chi connectivity index (χ2v) is 8.07. The number of nitrogens with two attached hydrogens (primary N) is 2. The van der Waals surface area contributed by atoms with Gasteiger partial charge in [-0.05, 0) is 43.2 Å². The van der Waals surface area contributed by atoms with E-state index in [4.69, 9.17) is 16.2 Å². The van der Waals surface area contributed by atoms with Crippen molar-refractivity contribution < 1.29 is 13.9 Å². The molecule has 172 valence electrons. The number of hydrogen-bond donors (Lipinski definition) is 4. The average Bonchev–Trinajstić information content (AvgIpc) is 2.82. The molecule has 0 aliphatic heterocycles. The highest BCUT2D eigenvalue weighted by Crippen LogP contribution is 2.29. The van der Waals surface area contributed by atoms with Gasteiger partial charge in [0.1, 0.15) is 11.6 Å². The summed E-state index contributed by atoms with van der Waals surface area (Å²) in [4.78, 5) is 20.7. The Labute approximate surface area is 191 Å². The summed E-state index contributed by atoms with van der Waals surface area (Å²) in [7, 11) is 1.60. The number of carbonyl (C=O) groups is 1. The molecule has 0 radical (unpaired) electrons. The Kier molecular flexibility index (Phi) is 6.69. The molecule has 1 aliphatic carbocycles. The number of nitrogens with one attached hydrogen (secondary N) is 2. The van der Waals surface area contributed by atoms with Crippen LogP contribution in [0.3, 0.4) is 0 Å². The molecule has 2 aromatic heterocycles. The van der Waals surface area contributed by atoms with Gasteiger partial charge in [0.25, 0.3) is 5.91 Å². The lowest BCUT2D eigenvalue weighted by Gasteiger charge is -2.30. The van der Waals surface area contributed by atoms with Crippen molar-refractivity contribution in [2.75, 3.05) is 17.7 Å². The van der Waals surface area contributed by atoms with Gasteiger partial charge in [-0.2, -0.15) is 0 Å². The molecule has 6 N–H and O–H groups in total. The molecule has 0 saturated heterocycles. The molecule has 8 nitrogen and oxygen atoms in total. The Morgan fingerprint density at radius 2 is 1.97 bits per heavy atom. The largest absolute Gasteiger partial charge is 0.497 e. The van der Waals surface area contributed by atoms with E-state index in [0.29, 0.717) is 17.1 Å². The van der Waals surface area contributed by atoms with E-state index in [9.17, 15) is 9.18 Å². The summed E-state index contributed by atoms with van der Waals surface area (Å²) in [5.74, 6) is -0.545. The number of primary amides is 1. The van der Waals surface area contributed by atoms with Crippen LogP contribution in [0, 0.1) is 5.82 Å². The van der Waals surface area contributed by atoms with Crippen LogP contribution in [-0.4, -0.2) is 35.1 Å². The number of carbonyl (C=O) groups excluding carboxylic acids is 1. The zero-order chi connectivity index (χ0) is 23.4. The molecule has 2 atom stereocenters. The van der Waals surface area contributed by atoms with Crippen molar-refractivity contribution in [1.82, 2.24) is 9.97 Å². The molecule has 1 fully saturated rings. The molecule has 33 heavy (non-hydrogen) atoms. The van der Waals surface area contributed by atoms with E-state index in [2.05, 4.69) is 20.6 Å². The van der Waals surface area contributed by atoms with Crippen LogP contribution in [0.1, 0.15) is 36.0 Å². The van der Waals surface area contributed by atoms with E-state index in [-0.39, 0.29) is 29.3 Å². The quantitative estimate of drug-likeness (QED) is 0.431. The molecule has 1 aromatic carbocycles. The molecule has 9 heteroatoms. The van der Waals surface area contributed by atoms with Gasteiger partial charge in [-0.1, -0.05) is 25.0 Å². The number of ether oxygens (including phenoxy) is 1. The van der Waals surface area contributed by atoms with Crippen molar-refractivity contribution in [1.29, 1.82) is 0 Å². The minimum atomic E-state index is -0.785. The number of nitrogens with zero attached hydrogens (tertiary/aromatic N) is 2. The Morgan fingerprint density at radius 3 is 2.73 bits per heavy atom. The fraction of sp³-hybridized carbons (Fsp3) is 0.292.